The van der Waals surface area contributed by atoms with Gasteiger partial charge in [-0.15, -0.1) is 0 Å². The van der Waals surface area contributed by atoms with Crippen LogP contribution in [-0.2, 0) is 4.79 Å². The predicted molar refractivity (Wildman–Crippen MR) is 55.4 cm³/mol. The monoisotopic (exact) mass is 213 g/mol. The summed E-state index contributed by atoms with van der Waals surface area (Å²) in [7, 11) is 0. The molecule has 1 rings (SSSR count). The van der Waals surface area contributed by atoms with Crippen molar-refractivity contribution in [3.8, 4) is 0 Å². The van der Waals surface area contributed by atoms with Gasteiger partial charge in [0.25, 0.3) is 0 Å². The van der Waals surface area contributed by atoms with E-state index < -0.39 is 12.0 Å². The quantitative estimate of drug-likeness (QED) is 0.544. The molecule has 2 atom stereocenters. The van der Waals surface area contributed by atoms with Gasteiger partial charge in [0.05, 0.1) is 6.10 Å². The standard InChI is InChI=1S/C6H11NO3.2H2S/c8-4-1-2-5(6(9)10)7-3-4;;/h4-5,7-8H,1-3H2,(H,9,10);2*1H2/t4-,5-;;/m0../s1. The molecule has 0 aromatic rings. The normalized spacial score (nSPS) is 28.1. The Hall–Kier alpha value is 0.0900. The molecule has 0 spiro atoms. The van der Waals surface area contributed by atoms with Crippen LogP contribution in [0.2, 0.25) is 0 Å². The van der Waals surface area contributed by atoms with Crippen molar-refractivity contribution >= 4 is 33.0 Å². The first kappa shape index (κ1) is 14.6. The summed E-state index contributed by atoms with van der Waals surface area (Å²) >= 11 is 0. The maximum atomic E-state index is 10.3. The number of carbonyl (C=O) groups is 1. The number of piperidine rings is 1. The SMILES string of the molecule is O=C(O)[C@@H]1CC[C@H](O)CN1.S.S. The number of aliphatic hydroxyl groups is 1. The average molecular weight is 213 g/mol. The highest BCUT2D eigenvalue weighted by atomic mass is 32.1. The molecule has 0 aliphatic carbocycles. The zero-order chi connectivity index (χ0) is 7.56. The van der Waals surface area contributed by atoms with E-state index in [9.17, 15) is 4.79 Å². The Labute approximate surface area is 85.2 Å². The second-order valence-corrected chi connectivity index (χ2v) is 2.53. The predicted octanol–water partition coefficient (Wildman–Crippen LogP) is -0.590. The Morgan fingerprint density at radius 2 is 1.92 bits per heavy atom. The minimum Gasteiger partial charge on any atom is -0.480 e. The van der Waals surface area contributed by atoms with Crippen LogP contribution in [0.25, 0.3) is 0 Å². The average Bonchev–Trinajstić information content (AvgIpc) is 1.88. The highest BCUT2D eigenvalue weighted by Crippen LogP contribution is 2.07. The summed E-state index contributed by atoms with van der Waals surface area (Å²) in [5.41, 5.74) is 0. The van der Waals surface area contributed by atoms with Crippen LogP contribution in [0.3, 0.4) is 0 Å². The van der Waals surface area contributed by atoms with Gasteiger partial charge in [0.1, 0.15) is 6.04 Å². The van der Waals surface area contributed by atoms with Crippen molar-refractivity contribution in [2.75, 3.05) is 6.54 Å². The number of aliphatic hydroxyl groups excluding tert-OH is 1. The fraction of sp³-hybridized carbons (Fsp3) is 0.833. The maximum absolute atomic E-state index is 10.3. The maximum Gasteiger partial charge on any atom is 0.320 e. The third-order valence-corrected chi connectivity index (χ3v) is 1.69. The second-order valence-electron chi connectivity index (χ2n) is 2.53. The molecular weight excluding hydrogens is 198 g/mol. The van der Waals surface area contributed by atoms with Gasteiger partial charge in [-0.05, 0) is 12.8 Å². The van der Waals surface area contributed by atoms with Gasteiger partial charge in [-0.3, -0.25) is 4.79 Å². The number of nitrogens with one attached hydrogen (secondary N) is 1. The van der Waals surface area contributed by atoms with Crippen LogP contribution in [0.5, 0.6) is 0 Å². The van der Waals surface area contributed by atoms with E-state index >= 15 is 0 Å². The van der Waals surface area contributed by atoms with E-state index in [0.717, 1.165) is 0 Å². The van der Waals surface area contributed by atoms with E-state index in [-0.39, 0.29) is 33.1 Å². The highest BCUT2D eigenvalue weighted by molar-refractivity contribution is 7.59. The largest absolute Gasteiger partial charge is 0.480 e. The van der Waals surface area contributed by atoms with E-state index in [1.165, 1.54) is 0 Å². The van der Waals surface area contributed by atoms with Crippen molar-refractivity contribution in [2.45, 2.75) is 25.0 Å². The smallest absolute Gasteiger partial charge is 0.320 e. The fourth-order valence-corrected chi connectivity index (χ4v) is 1.05. The molecule has 0 unspecified atom stereocenters. The molecule has 0 bridgehead atoms. The van der Waals surface area contributed by atoms with Crippen LogP contribution in [-0.4, -0.2) is 34.9 Å². The molecule has 3 N–H and O–H groups in total. The second kappa shape index (κ2) is 6.59. The number of hydrogen-bond acceptors (Lipinski definition) is 3. The van der Waals surface area contributed by atoms with Gasteiger partial charge in [0.2, 0.25) is 0 Å². The Bertz CT molecular complexity index is 137. The first-order valence-corrected chi connectivity index (χ1v) is 3.34. The van der Waals surface area contributed by atoms with Gasteiger partial charge in [-0.25, -0.2) is 0 Å². The summed E-state index contributed by atoms with van der Waals surface area (Å²) in [5, 5.41) is 20.2. The van der Waals surface area contributed by atoms with Gasteiger partial charge in [0, 0.05) is 6.54 Å². The Kier molecular flexibility index (Phi) is 8.02. The van der Waals surface area contributed by atoms with Gasteiger partial charge in [0.15, 0.2) is 0 Å². The number of carboxylic acid groups (broad SMARTS) is 1. The molecule has 1 heterocycles. The molecule has 0 aromatic heterocycles. The summed E-state index contributed by atoms with van der Waals surface area (Å²) in [6, 6.07) is -0.455. The zero-order valence-corrected chi connectivity index (χ0v) is 8.58. The van der Waals surface area contributed by atoms with E-state index in [1.807, 2.05) is 0 Å². The van der Waals surface area contributed by atoms with E-state index in [1.54, 1.807) is 0 Å². The number of β-amino-alcohol motifs (C(OH)–C–C–N with tert-alkyl or cyclic N) is 1. The van der Waals surface area contributed by atoms with Crippen molar-refractivity contribution in [2.24, 2.45) is 0 Å². The van der Waals surface area contributed by atoms with Crippen molar-refractivity contribution in [3.05, 3.63) is 0 Å². The topological polar surface area (TPSA) is 69.6 Å². The molecule has 0 aromatic carbocycles. The minimum atomic E-state index is -0.827. The lowest BCUT2D eigenvalue weighted by atomic mass is 10.0. The summed E-state index contributed by atoms with van der Waals surface area (Å²) in [6.07, 6.45) is 0.746. The van der Waals surface area contributed by atoms with Gasteiger partial charge < -0.3 is 15.5 Å². The van der Waals surface area contributed by atoms with Crippen LogP contribution in [0, 0.1) is 0 Å². The molecule has 74 valence electrons. The molecule has 1 aliphatic heterocycles. The van der Waals surface area contributed by atoms with E-state index in [2.05, 4.69) is 5.32 Å². The number of rotatable bonds is 1. The van der Waals surface area contributed by atoms with Crippen molar-refractivity contribution < 1.29 is 15.0 Å². The minimum absolute atomic E-state index is 0. The van der Waals surface area contributed by atoms with Crippen LogP contribution in [0.15, 0.2) is 0 Å². The Morgan fingerprint density at radius 3 is 2.25 bits per heavy atom. The molecule has 0 saturated carbocycles. The van der Waals surface area contributed by atoms with Crippen LogP contribution >= 0.6 is 27.0 Å². The molecule has 6 heteroatoms. The summed E-state index contributed by atoms with van der Waals surface area (Å²) in [6.45, 7) is 0.400. The van der Waals surface area contributed by atoms with Crippen molar-refractivity contribution in [1.82, 2.24) is 5.32 Å². The molecule has 1 saturated heterocycles. The molecule has 1 aliphatic rings. The Morgan fingerprint density at radius 1 is 1.33 bits per heavy atom. The lowest BCUT2D eigenvalue weighted by Crippen LogP contribution is -2.45. The molecule has 12 heavy (non-hydrogen) atoms. The van der Waals surface area contributed by atoms with E-state index in [4.69, 9.17) is 10.2 Å². The summed E-state index contributed by atoms with van der Waals surface area (Å²) < 4.78 is 0. The first-order valence-electron chi connectivity index (χ1n) is 3.34. The molecule has 4 nitrogen and oxygen atoms in total. The molecular formula is C6H15NO3S2. The molecule has 0 amide bonds. The van der Waals surface area contributed by atoms with E-state index in [0.29, 0.717) is 19.4 Å². The summed E-state index contributed by atoms with van der Waals surface area (Å²) in [4.78, 5) is 10.3. The lowest BCUT2D eigenvalue weighted by Gasteiger charge is -2.23. The highest BCUT2D eigenvalue weighted by Gasteiger charge is 2.23. The van der Waals surface area contributed by atoms with Gasteiger partial charge >= 0.3 is 5.97 Å². The van der Waals surface area contributed by atoms with Crippen LogP contribution < -0.4 is 5.32 Å². The number of carboxylic acids is 1. The summed E-state index contributed by atoms with van der Waals surface area (Å²) in [5.74, 6) is -0.827. The number of hydrogen-bond donors (Lipinski definition) is 3. The fourth-order valence-electron chi connectivity index (χ4n) is 1.05. The third kappa shape index (κ3) is 4.20. The Balaban J connectivity index is 0. The van der Waals surface area contributed by atoms with Crippen LogP contribution in [0.1, 0.15) is 12.8 Å². The molecule has 1 fully saturated rings. The van der Waals surface area contributed by atoms with Crippen molar-refractivity contribution in [3.63, 3.8) is 0 Å². The number of aliphatic carboxylic acids is 1. The third-order valence-electron chi connectivity index (χ3n) is 1.69. The van der Waals surface area contributed by atoms with Gasteiger partial charge in [-0.2, -0.15) is 27.0 Å². The first-order chi connectivity index (χ1) is 4.70. The zero-order valence-electron chi connectivity index (χ0n) is 6.58. The lowest BCUT2D eigenvalue weighted by molar-refractivity contribution is -0.140. The molecule has 0 radical (unpaired) electrons. The van der Waals surface area contributed by atoms with Crippen molar-refractivity contribution in [1.29, 1.82) is 0 Å². The van der Waals surface area contributed by atoms with Crippen LogP contribution in [0.4, 0.5) is 0 Å². The van der Waals surface area contributed by atoms with Gasteiger partial charge in [-0.1, -0.05) is 0 Å².